The number of hydrogen-bond donors (Lipinski definition) is 0. The van der Waals surface area contributed by atoms with Crippen molar-refractivity contribution in [2.45, 2.75) is 19.6 Å². The third-order valence-electron chi connectivity index (χ3n) is 1.01. The average Bonchev–Trinajstić information content (AvgIpc) is 2.34. The van der Waals surface area contributed by atoms with Gasteiger partial charge < -0.3 is 9.47 Å². The lowest BCUT2D eigenvalue weighted by Gasteiger charge is -2.02. The maximum Gasteiger partial charge on any atom is 0.259 e. The van der Waals surface area contributed by atoms with Crippen LogP contribution >= 0.6 is 0 Å². The minimum absolute atomic E-state index is 0.176. The van der Waals surface area contributed by atoms with E-state index in [4.69, 9.17) is 9.47 Å². The van der Waals surface area contributed by atoms with Crippen molar-refractivity contribution in [3.05, 3.63) is 24.7 Å². The Balaban J connectivity index is 2.21. The molecule has 50 valence electrons. The van der Waals surface area contributed by atoms with Crippen LogP contribution in [0.4, 0.5) is 0 Å². The SMILES string of the molecule is CC/C=C/C1OC=CO1. The molecule has 0 amide bonds. The zero-order valence-corrected chi connectivity index (χ0v) is 5.41. The highest BCUT2D eigenvalue weighted by molar-refractivity contribution is 4.89. The van der Waals surface area contributed by atoms with Gasteiger partial charge in [0.2, 0.25) is 0 Å². The Kier molecular flexibility index (Phi) is 2.19. The Bertz CT molecular complexity index is 119. The monoisotopic (exact) mass is 126 g/mol. The van der Waals surface area contributed by atoms with E-state index in [0.717, 1.165) is 6.42 Å². The Labute approximate surface area is 54.8 Å². The van der Waals surface area contributed by atoms with Crippen LogP contribution in [-0.4, -0.2) is 6.29 Å². The molecule has 0 aromatic heterocycles. The van der Waals surface area contributed by atoms with E-state index in [1.807, 2.05) is 12.2 Å². The van der Waals surface area contributed by atoms with Gasteiger partial charge in [-0.2, -0.15) is 0 Å². The molecule has 0 saturated carbocycles. The van der Waals surface area contributed by atoms with Crippen LogP contribution in [-0.2, 0) is 9.47 Å². The van der Waals surface area contributed by atoms with Crippen LogP contribution in [0.3, 0.4) is 0 Å². The van der Waals surface area contributed by atoms with Crippen LogP contribution in [0.1, 0.15) is 13.3 Å². The van der Waals surface area contributed by atoms with Gasteiger partial charge in [-0.15, -0.1) is 0 Å². The van der Waals surface area contributed by atoms with Gasteiger partial charge in [0.1, 0.15) is 12.5 Å². The highest BCUT2D eigenvalue weighted by Crippen LogP contribution is 2.05. The van der Waals surface area contributed by atoms with Gasteiger partial charge in [0, 0.05) is 0 Å². The first-order chi connectivity index (χ1) is 4.43. The summed E-state index contributed by atoms with van der Waals surface area (Å²) in [5, 5.41) is 0. The van der Waals surface area contributed by atoms with E-state index >= 15 is 0 Å². The molecule has 0 aliphatic carbocycles. The van der Waals surface area contributed by atoms with Gasteiger partial charge >= 0.3 is 0 Å². The van der Waals surface area contributed by atoms with Crippen molar-refractivity contribution >= 4 is 0 Å². The van der Waals surface area contributed by atoms with Gasteiger partial charge in [0.25, 0.3) is 6.29 Å². The molecule has 2 nitrogen and oxygen atoms in total. The number of hydrogen-bond acceptors (Lipinski definition) is 2. The Morgan fingerprint density at radius 2 is 2.11 bits per heavy atom. The summed E-state index contributed by atoms with van der Waals surface area (Å²) >= 11 is 0. The standard InChI is InChI=1S/C7H10O2/c1-2-3-4-7-8-5-6-9-7/h3-7H,2H2,1H3/b4-3+. The molecule has 0 radical (unpaired) electrons. The van der Waals surface area contributed by atoms with Gasteiger partial charge in [-0.1, -0.05) is 13.0 Å². The quantitative estimate of drug-likeness (QED) is 0.525. The Morgan fingerprint density at radius 3 is 2.67 bits per heavy atom. The maximum absolute atomic E-state index is 4.97. The molecule has 0 atom stereocenters. The summed E-state index contributed by atoms with van der Waals surface area (Å²) in [5.74, 6) is 0. The largest absolute Gasteiger partial charge is 0.456 e. The molecule has 0 N–H and O–H groups in total. The van der Waals surface area contributed by atoms with E-state index in [-0.39, 0.29) is 6.29 Å². The van der Waals surface area contributed by atoms with Crippen LogP contribution in [0.15, 0.2) is 24.7 Å². The summed E-state index contributed by atoms with van der Waals surface area (Å²) in [7, 11) is 0. The lowest BCUT2D eigenvalue weighted by atomic mass is 10.4. The second-order valence-corrected chi connectivity index (χ2v) is 1.75. The summed E-state index contributed by atoms with van der Waals surface area (Å²) in [4.78, 5) is 0. The maximum atomic E-state index is 4.97. The second-order valence-electron chi connectivity index (χ2n) is 1.75. The predicted octanol–water partition coefficient (Wildman–Crippen LogP) is 1.80. The topological polar surface area (TPSA) is 18.5 Å². The van der Waals surface area contributed by atoms with Crippen molar-refractivity contribution in [1.82, 2.24) is 0 Å². The fourth-order valence-electron chi connectivity index (χ4n) is 0.589. The van der Waals surface area contributed by atoms with E-state index in [0.29, 0.717) is 0 Å². The molecular weight excluding hydrogens is 116 g/mol. The molecule has 0 unspecified atom stereocenters. The highest BCUT2D eigenvalue weighted by atomic mass is 16.7. The van der Waals surface area contributed by atoms with E-state index < -0.39 is 0 Å². The van der Waals surface area contributed by atoms with Crippen LogP contribution in [0.5, 0.6) is 0 Å². The van der Waals surface area contributed by atoms with E-state index in [1.165, 1.54) is 0 Å². The predicted molar refractivity (Wildman–Crippen MR) is 34.5 cm³/mol. The van der Waals surface area contributed by atoms with Crippen molar-refractivity contribution in [2.75, 3.05) is 0 Å². The summed E-state index contributed by atoms with van der Waals surface area (Å²) < 4.78 is 9.93. The summed E-state index contributed by atoms with van der Waals surface area (Å²) in [5.41, 5.74) is 0. The third-order valence-corrected chi connectivity index (χ3v) is 1.01. The molecule has 0 fully saturated rings. The van der Waals surface area contributed by atoms with Crippen molar-refractivity contribution in [3.8, 4) is 0 Å². The van der Waals surface area contributed by atoms with Crippen molar-refractivity contribution < 1.29 is 9.47 Å². The summed E-state index contributed by atoms with van der Waals surface area (Å²) in [6.07, 6.45) is 7.83. The summed E-state index contributed by atoms with van der Waals surface area (Å²) in [6.45, 7) is 2.07. The smallest absolute Gasteiger partial charge is 0.259 e. The van der Waals surface area contributed by atoms with Crippen molar-refractivity contribution in [2.24, 2.45) is 0 Å². The lowest BCUT2D eigenvalue weighted by Crippen LogP contribution is -2.01. The van der Waals surface area contributed by atoms with E-state index in [9.17, 15) is 0 Å². The van der Waals surface area contributed by atoms with E-state index in [1.54, 1.807) is 12.5 Å². The van der Waals surface area contributed by atoms with Crippen LogP contribution < -0.4 is 0 Å². The first-order valence-electron chi connectivity index (χ1n) is 3.06. The van der Waals surface area contributed by atoms with Gasteiger partial charge in [-0.05, 0) is 12.5 Å². The molecule has 9 heavy (non-hydrogen) atoms. The van der Waals surface area contributed by atoms with Gasteiger partial charge in [0.15, 0.2) is 0 Å². The molecule has 0 aromatic carbocycles. The molecule has 0 spiro atoms. The lowest BCUT2D eigenvalue weighted by molar-refractivity contribution is 0.0189. The van der Waals surface area contributed by atoms with Crippen LogP contribution in [0.25, 0.3) is 0 Å². The summed E-state index contributed by atoms with van der Waals surface area (Å²) in [6, 6.07) is 0. The second kappa shape index (κ2) is 3.17. The fraction of sp³-hybridized carbons (Fsp3) is 0.429. The number of rotatable bonds is 2. The fourth-order valence-corrected chi connectivity index (χ4v) is 0.589. The Morgan fingerprint density at radius 1 is 1.44 bits per heavy atom. The molecule has 1 rings (SSSR count). The average molecular weight is 126 g/mol. The normalized spacial score (nSPS) is 18.3. The molecule has 1 heterocycles. The van der Waals surface area contributed by atoms with Crippen LogP contribution in [0, 0.1) is 0 Å². The third kappa shape index (κ3) is 1.80. The molecule has 2 heteroatoms. The van der Waals surface area contributed by atoms with E-state index in [2.05, 4.69) is 6.92 Å². The first-order valence-corrected chi connectivity index (χ1v) is 3.06. The molecule has 1 aliphatic rings. The molecule has 0 aromatic rings. The zero-order chi connectivity index (χ0) is 6.53. The molecule has 0 saturated heterocycles. The van der Waals surface area contributed by atoms with Gasteiger partial charge in [-0.25, -0.2) is 0 Å². The van der Waals surface area contributed by atoms with Crippen LogP contribution in [0.2, 0.25) is 0 Å². The molecule has 1 aliphatic heterocycles. The number of allylic oxidation sites excluding steroid dienone is 1. The molecular formula is C7H10O2. The first kappa shape index (κ1) is 6.20. The minimum Gasteiger partial charge on any atom is -0.456 e. The Hall–Kier alpha value is -0.920. The van der Waals surface area contributed by atoms with Gasteiger partial charge in [0.05, 0.1) is 0 Å². The molecule has 0 bridgehead atoms. The highest BCUT2D eigenvalue weighted by Gasteiger charge is 2.04. The van der Waals surface area contributed by atoms with Gasteiger partial charge in [-0.3, -0.25) is 0 Å². The van der Waals surface area contributed by atoms with Crippen molar-refractivity contribution in [3.63, 3.8) is 0 Å². The van der Waals surface area contributed by atoms with Crippen molar-refractivity contribution in [1.29, 1.82) is 0 Å². The number of ether oxygens (including phenoxy) is 2. The zero-order valence-electron chi connectivity index (χ0n) is 5.41. The minimum atomic E-state index is -0.176.